The second kappa shape index (κ2) is 5.26. The zero-order valence-corrected chi connectivity index (χ0v) is 9.40. The third kappa shape index (κ3) is 3.05. The summed E-state index contributed by atoms with van der Waals surface area (Å²) in [6.07, 6.45) is 1.09. The molecule has 84 valence electrons. The maximum atomic E-state index is 11.1. The predicted molar refractivity (Wildman–Crippen MR) is 61.2 cm³/mol. The minimum atomic E-state index is -0.460. The highest BCUT2D eigenvalue weighted by molar-refractivity contribution is 5.94. The summed E-state index contributed by atoms with van der Waals surface area (Å²) in [4.78, 5) is 21.9. The minimum absolute atomic E-state index is 0.00851. The molecule has 3 heteroatoms. The van der Waals surface area contributed by atoms with Crippen LogP contribution in [0.1, 0.15) is 35.9 Å². The van der Waals surface area contributed by atoms with Crippen molar-refractivity contribution >= 4 is 11.8 Å². The molecule has 0 aromatic heterocycles. The highest BCUT2D eigenvalue weighted by Gasteiger charge is 2.10. The van der Waals surface area contributed by atoms with Gasteiger partial charge in [-0.15, -0.1) is 0 Å². The maximum absolute atomic E-state index is 11.1. The minimum Gasteiger partial charge on any atom is -0.453 e. The average Bonchev–Trinajstić information content (AvgIpc) is 2.25. The second-order valence-electron chi connectivity index (χ2n) is 3.44. The van der Waals surface area contributed by atoms with Gasteiger partial charge in [0.2, 0.25) is 0 Å². The van der Waals surface area contributed by atoms with Crippen LogP contribution >= 0.6 is 0 Å². The van der Waals surface area contributed by atoms with Gasteiger partial charge in [0, 0.05) is 12.5 Å². The summed E-state index contributed by atoms with van der Waals surface area (Å²) < 4.78 is 5.04. The van der Waals surface area contributed by atoms with Gasteiger partial charge in [0.05, 0.1) is 0 Å². The molecule has 1 rings (SSSR count). The van der Waals surface area contributed by atoms with Crippen LogP contribution in [0.15, 0.2) is 36.9 Å². The Hall–Kier alpha value is -1.90. The Bertz CT molecular complexity index is 404. The molecule has 0 saturated carbocycles. The van der Waals surface area contributed by atoms with Gasteiger partial charge in [-0.25, -0.2) is 0 Å². The number of ether oxygens (including phenoxy) is 1. The molecular weight excluding hydrogens is 204 g/mol. The van der Waals surface area contributed by atoms with Gasteiger partial charge in [-0.05, 0) is 18.6 Å². The van der Waals surface area contributed by atoms with E-state index in [0.717, 1.165) is 5.56 Å². The Kier molecular flexibility index (Phi) is 4.00. The zero-order valence-electron chi connectivity index (χ0n) is 9.40. The van der Waals surface area contributed by atoms with E-state index >= 15 is 0 Å². The van der Waals surface area contributed by atoms with E-state index in [0.29, 0.717) is 5.56 Å². The number of esters is 1. The van der Waals surface area contributed by atoms with E-state index in [1.807, 2.05) is 0 Å². The first-order chi connectivity index (χ1) is 7.54. The van der Waals surface area contributed by atoms with Crippen molar-refractivity contribution in [2.24, 2.45) is 0 Å². The average molecular weight is 218 g/mol. The first-order valence-corrected chi connectivity index (χ1v) is 4.95. The van der Waals surface area contributed by atoms with E-state index in [1.54, 1.807) is 30.3 Å². The van der Waals surface area contributed by atoms with Crippen molar-refractivity contribution in [2.75, 3.05) is 0 Å². The first kappa shape index (κ1) is 12.2. The third-order valence-electron chi connectivity index (χ3n) is 2.15. The topological polar surface area (TPSA) is 43.4 Å². The van der Waals surface area contributed by atoms with Crippen molar-refractivity contribution in [3.63, 3.8) is 0 Å². The Labute approximate surface area is 94.7 Å². The second-order valence-corrected chi connectivity index (χ2v) is 3.44. The van der Waals surface area contributed by atoms with E-state index in [1.165, 1.54) is 13.8 Å². The summed E-state index contributed by atoms with van der Waals surface area (Å²) in [5.74, 6) is -0.352. The first-order valence-electron chi connectivity index (χ1n) is 4.95. The molecule has 1 atom stereocenters. The largest absolute Gasteiger partial charge is 0.453 e. The fourth-order valence-corrected chi connectivity index (χ4v) is 1.34. The lowest BCUT2D eigenvalue weighted by Gasteiger charge is -2.13. The van der Waals surface area contributed by atoms with Crippen LogP contribution in [0.3, 0.4) is 0 Å². The van der Waals surface area contributed by atoms with E-state index in [4.69, 9.17) is 4.74 Å². The van der Waals surface area contributed by atoms with Gasteiger partial charge in [-0.1, -0.05) is 30.8 Å². The lowest BCUT2D eigenvalue weighted by molar-refractivity contribution is -0.144. The van der Waals surface area contributed by atoms with Crippen LogP contribution in [0.25, 0.3) is 0 Å². The molecule has 0 bridgehead atoms. The molecule has 0 N–H and O–H groups in total. The van der Waals surface area contributed by atoms with Crippen molar-refractivity contribution in [2.45, 2.75) is 20.0 Å². The van der Waals surface area contributed by atoms with Gasteiger partial charge in [0.25, 0.3) is 0 Å². The molecule has 16 heavy (non-hydrogen) atoms. The fourth-order valence-electron chi connectivity index (χ4n) is 1.34. The number of ketones is 1. The normalized spacial score (nSPS) is 11.6. The van der Waals surface area contributed by atoms with Crippen LogP contribution in [0.5, 0.6) is 0 Å². The number of Topliss-reactive ketones (excluding diaryl/α,β-unsaturated/α-hetero) is 1. The SMILES string of the molecule is C=CC(OC(C)=O)c1ccc(C(C)=O)cc1. The predicted octanol–water partition coefficient (Wildman–Crippen LogP) is 2.68. The van der Waals surface area contributed by atoms with E-state index in [-0.39, 0.29) is 11.8 Å². The number of hydrogen-bond acceptors (Lipinski definition) is 3. The smallest absolute Gasteiger partial charge is 0.303 e. The maximum Gasteiger partial charge on any atom is 0.303 e. The van der Waals surface area contributed by atoms with Gasteiger partial charge in [-0.3, -0.25) is 9.59 Å². The van der Waals surface area contributed by atoms with Gasteiger partial charge in [0.15, 0.2) is 5.78 Å². The quantitative estimate of drug-likeness (QED) is 0.443. The molecule has 0 spiro atoms. The standard InChI is InChI=1S/C13H14O3/c1-4-13(16-10(3)15)12-7-5-11(6-8-12)9(2)14/h4-8,13H,1H2,2-3H3. The molecule has 1 aromatic rings. The van der Waals surface area contributed by atoms with Crippen LogP contribution in [-0.4, -0.2) is 11.8 Å². The number of carbonyl (C=O) groups is 2. The molecule has 1 aromatic carbocycles. The van der Waals surface area contributed by atoms with Gasteiger partial charge < -0.3 is 4.74 Å². The monoisotopic (exact) mass is 218 g/mol. The molecule has 0 heterocycles. The fraction of sp³-hybridized carbons (Fsp3) is 0.231. The van der Waals surface area contributed by atoms with Crippen molar-refractivity contribution in [1.29, 1.82) is 0 Å². The summed E-state index contributed by atoms with van der Waals surface area (Å²) >= 11 is 0. The number of benzene rings is 1. The van der Waals surface area contributed by atoms with Gasteiger partial charge >= 0.3 is 5.97 Å². The van der Waals surface area contributed by atoms with Crippen LogP contribution in [-0.2, 0) is 9.53 Å². The highest BCUT2D eigenvalue weighted by Crippen LogP contribution is 2.19. The van der Waals surface area contributed by atoms with Gasteiger partial charge in [0.1, 0.15) is 6.10 Å². The van der Waals surface area contributed by atoms with Gasteiger partial charge in [-0.2, -0.15) is 0 Å². The van der Waals surface area contributed by atoms with Crippen molar-refractivity contribution in [3.8, 4) is 0 Å². The molecule has 0 radical (unpaired) electrons. The molecule has 1 unspecified atom stereocenters. The Balaban J connectivity index is 2.90. The number of carbonyl (C=O) groups excluding carboxylic acids is 2. The van der Waals surface area contributed by atoms with Crippen molar-refractivity contribution in [1.82, 2.24) is 0 Å². The molecule has 0 saturated heterocycles. The summed E-state index contributed by atoms with van der Waals surface area (Å²) in [6, 6.07) is 6.92. The lowest BCUT2D eigenvalue weighted by atomic mass is 10.1. The van der Waals surface area contributed by atoms with Crippen LogP contribution < -0.4 is 0 Å². The van der Waals surface area contributed by atoms with E-state index in [2.05, 4.69) is 6.58 Å². The zero-order chi connectivity index (χ0) is 12.1. The molecule has 0 aliphatic carbocycles. The third-order valence-corrected chi connectivity index (χ3v) is 2.15. The molecule has 0 fully saturated rings. The summed E-state index contributed by atoms with van der Waals surface area (Å²) in [6.45, 7) is 6.46. The van der Waals surface area contributed by atoms with E-state index in [9.17, 15) is 9.59 Å². The molecular formula is C13H14O3. The Morgan fingerprint density at radius 1 is 1.25 bits per heavy atom. The van der Waals surface area contributed by atoms with E-state index < -0.39 is 6.10 Å². The summed E-state index contributed by atoms with van der Waals surface area (Å²) in [5.41, 5.74) is 1.43. The molecule has 0 aliphatic rings. The van der Waals surface area contributed by atoms with Crippen molar-refractivity contribution < 1.29 is 14.3 Å². The van der Waals surface area contributed by atoms with Crippen LogP contribution in [0, 0.1) is 0 Å². The van der Waals surface area contributed by atoms with Crippen molar-refractivity contribution in [3.05, 3.63) is 48.0 Å². The molecule has 3 nitrogen and oxygen atoms in total. The lowest BCUT2D eigenvalue weighted by Crippen LogP contribution is -2.06. The summed E-state index contributed by atoms with van der Waals surface area (Å²) in [5, 5.41) is 0. The van der Waals surface area contributed by atoms with Crippen LogP contribution in [0.2, 0.25) is 0 Å². The Morgan fingerprint density at radius 3 is 2.19 bits per heavy atom. The highest BCUT2D eigenvalue weighted by atomic mass is 16.5. The van der Waals surface area contributed by atoms with Crippen LogP contribution in [0.4, 0.5) is 0 Å². The molecule has 0 amide bonds. The summed E-state index contributed by atoms with van der Waals surface area (Å²) in [7, 11) is 0. The Morgan fingerprint density at radius 2 is 1.81 bits per heavy atom. The molecule has 0 aliphatic heterocycles. The number of rotatable bonds is 4. The number of hydrogen-bond donors (Lipinski definition) is 0.